The molecule has 1 fully saturated rings. The summed E-state index contributed by atoms with van der Waals surface area (Å²) < 4.78 is 2.17. The number of carboxylic acid groups (broad SMARTS) is 1. The van der Waals surface area contributed by atoms with Gasteiger partial charge in [0.05, 0.1) is 16.3 Å². The standard InChI is InChI=1S/C15H17ClN2O2S/c1-9(10-4-2-5-10)18-12-7-3-6-11(16)14(12)17-15(18)21-8-13(19)20/h3,6-7,9-10H,2,4-5,8H2,1H3,(H,19,20). The molecule has 1 aromatic carbocycles. The summed E-state index contributed by atoms with van der Waals surface area (Å²) in [6, 6.07) is 6.07. The van der Waals surface area contributed by atoms with Crippen LogP contribution < -0.4 is 0 Å². The van der Waals surface area contributed by atoms with Crippen LogP contribution in [0.2, 0.25) is 5.02 Å². The topological polar surface area (TPSA) is 55.1 Å². The summed E-state index contributed by atoms with van der Waals surface area (Å²) in [5.41, 5.74) is 1.76. The Hall–Kier alpha value is -1.20. The summed E-state index contributed by atoms with van der Waals surface area (Å²) in [5, 5.41) is 10.3. The van der Waals surface area contributed by atoms with Crippen molar-refractivity contribution >= 4 is 40.4 Å². The van der Waals surface area contributed by atoms with Crippen molar-refractivity contribution in [2.45, 2.75) is 37.4 Å². The molecule has 1 unspecified atom stereocenters. The summed E-state index contributed by atoms with van der Waals surface area (Å²) in [5.74, 6) is -0.176. The minimum atomic E-state index is -0.832. The average molecular weight is 325 g/mol. The Labute approximate surface area is 132 Å². The van der Waals surface area contributed by atoms with Gasteiger partial charge in [-0.15, -0.1) is 0 Å². The minimum Gasteiger partial charge on any atom is -0.481 e. The summed E-state index contributed by atoms with van der Waals surface area (Å²) in [4.78, 5) is 15.4. The van der Waals surface area contributed by atoms with E-state index in [1.807, 2.05) is 18.2 Å². The Morgan fingerprint density at radius 3 is 2.95 bits per heavy atom. The van der Waals surface area contributed by atoms with E-state index in [4.69, 9.17) is 16.7 Å². The van der Waals surface area contributed by atoms with Crippen LogP contribution in [0.1, 0.15) is 32.2 Å². The van der Waals surface area contributed by atoms with Crippen molar-refractivity contribution in [1.82, 2.24) is 9.55 Å². The third-order valence-corrected chi connectivity index (χ3v) is 5.45. The number of hydrogen-bond acceptors (Lipinski definition) is 3. The second-order valence-corrected chi connectivity index (χ2v) is 6.84. The van der Waals surface area contributed by atoms with E-state index in [1.54, 1.807) is 0 Å². The molecule has 21 heavy (non-hydrogen) atoms. The third kappa shape index (κ3) is 2.77. The summed E-state index contributed by atoms with van der Waals surface area (Å²) in [6.45, 7) is 2.19. The molecule has 1 saturated carbocycles. The molecule has 0 spiro atoms. The molecule has 4 nitrogen and oxygen atoms in total. The molecule has 1 aromatic heterocycles. The van der Waals surface area contributed by atoms with Crippen molar-refractivity contribution in [3.8, 4) is 0 Å². The van der Waals surface area contributed by atoms with Gasteiger partial charge in [0, 0.05) is 6.04 Å². The maximum Gasteiger partial charge on any atom is 0.313 e. The maximum absolute atomic E-state index is 10.9. The molecule has 1 heterocycles. The van der Waals surface area contributed by atoms with Gasteiger partial charge in [-0.3, -0.25) is 4.79 Å². The van der Waals surface area contributed by atoms with Crippen LogP contribution >= 0.6 is 23.4 Å². The highest BCUT2D eigenvalue weighted by Crippen LogP contribution is 2.40. The van der Waals surface area contributed by atoms with Gasteiger partial charge in [-0.25, -0.2) is 4.98 Å². The Bertz CT molecular complexity index is 682. The van der Waals surface area contributed by atoms with Crippen molar-refractivity contribution in [1.29, 1.82) is 0 Å². The Morgan fingerprint density at radius 2 is 2.33 bits per heavy atom. The van der Waals surface area contributed by atoms with E-state index < -0.39 is 5.97 Å². The summed E-state index contributed by atoms with van der Waals surface area (Å²) in [6.07, 6.45) is 3.73. The van der Waals surface area contributed by atoms with Crippen molar-refractivity contribution in [3.63, 3.8) is 0 Å². The Morgan fingerprint density at radius 1 is 1.57 bits per heavy atom. The molecule has 6 heteroatoms. The lowest BCUT2D eigenvalue weighted by atomic mass is 9.80. The van der Waals surface area contributed by atoms with Gasteiger partial charge in [-0.1, -0.05) is 35.9 Å². The largest absolute Gasteiger partial charge is 0.481 e. The van der Waals surface area contributed by atoms with Gasteiger partial charge < -0.3 is 9.67 Å². The molecule has 0 saturated heterocycles. The van der Waals surface area contributed by atoms with Crippen molar-refractivity contribution in [3.05, 3.63) is 23.2 Å². The molecule has 1 N–H and O–H groups in total. The number of halogens is 1. The number of thioether (sulfide) groups is 1. The molecule has 0 aliphatic heterocycles. The highest BCUT2D eigenvalue weighted by atomic mass is 35.5. The number of aromatic nitrogens is 2. The number of nitrogens with zero attached hydrogens (tertiary/aromatic N) is 2. The lowest BCUT2D eigenvalue weighted by Crippen LogP contribution is -2.23. The monoisotopic (exact) mass is 324 g/mol. The summed E-state index contributed by atoms with van der Waals surface area (Å²) >= 11 is 7.50. The molecule has 1 atom stereocenters. The van der Waals surface area contributed by atoms with E-state index in [9.17, 15) is 4.79 Å². The highest BCUT2D eigenvalue weighted by molar-refractivity contribution is 7.99. The van der Waals surface area contributed by atoms with Crippen LogP contribution in [0.25, 0.3) is 11.0 Å². The second kappa shape index (κ2) is 5.89. The number of fused-ring (bicyclic) bond motifs is 1. The number of para-hydroxylation sites is 1. The van der Waals surface area contributed by atoms with Crippen LogP contribution in [0, 0.1) is 5.92 Å². The molecule has 0 radical (unpaired) electrons. The van der Waals surface area contributed by atoms with E-state index in [-0.39, 0.29) is 5.75 Å². The fourth-order valence-corrected chi connectivity index (χ4v) is 3.84. The van der Waals surface area contributed by atoms with E-state index in [1.165, 1.54) is 31.0 Å². The lowest BCUT2D eigenvalue weighted by Gasteiger charge is -2.33. The molecule has 3 rings (SSSR count). The molecule has 112 valence electrons. The van der Waals surface area contributed by atoms with Crippen molar-refractivity contribution in [2.24, 2.45) is 5.92 Å². The van der Waals surface area contributed by atoms with Gasteiger partial charge >= 0.3 is 5.97 Å². The first-order chi connectivity index (χ1) is 10.1. The number of aliphatic carboxylic acids is 1. The molecule has 1 aliphatic carbocycles. The van der Waals surface area contributed by atoms with Gasteiger partial charge in [-0.05, 0) is 37.8 Å². The van der Waals surface area contributed by atoms with E-state index >= 15 is 0 Å². The summed E-state index contributed by atoms with van der Waals surface area (Å²) in [7, 11) is 0. The first-order valence-corrected chi connectivity index (χ1v) is 8.45. The zero-order valence-electron chi connectivity index (χ0n) is 11.8. The number of imidazole rings is 1. The molecule has 2 aromatic rings. The van der Waals surface area contributed by atoms with Crippen LogP contribution in [0.4, 0.5) is 0 Å². The predicted molar refractivity (Wildman–Crippen MR) is 85.2 cm³/mol. The van der Waals surface area contributed by atoms with Gasteiger partial charge in [0.25, 0.3) is 0 Å². The fourth-order valence-electron chi connectivity index (χ4n) is 2.82. The van der Waals surface area contributed by atoms with Crippen LogP contribution in [0.5, 0.6) is 0 Å². The van der Waals surface area contributed by atoms with Gasteiger partial charge in [0.2, 0.25) is 0 Å². The lowest BCUT2D eigenvalue weighted by molar-refractivity contribution is -0.133. The zero-order valence-corrected chi connectivity index (χ0v) is 13.3. The van der Waals surface area contributed by atoms with Crippen LogP contribution in [-0.2, 0) is 4.79 Å². The second-order valence-electron chi connectivity index (χ2n) is 5.49. The quantitative estimate of drug-likeness (QED) is 0.836. The zero-order chi connectivity index (χ0) is 15.0. The maximum atomic E-state index is 10.9. The molecule has 0 bridgehead atoms. The number of rotatable bonds is 5. The molecule has 1 aliphatic rings. The van der Waals surface area contributed by atoms with Gasteiger partial charge in [0.1, 0.15) is 5.52 Å². The molecule has 0 amide bonds. The number of carbonyl (C=O) groups is 1. The van der Waals surface area contributed by atoms with Crippen LogP contribution in [0.3, 0.4) is 0 Å². The predicted octanol–water partition coefficient (Wildman–Crippen LogP) is 4.23. The SMILES string of the molecule is CC(C1CCC1)n1c(SCC(=O)O)nc2c(Cl)cccc21. The van der Waals surface area contributed by atoms with E-state index in [0.29, 0.717) is 17.0 Å². The normalized spacial score (nSPS) is 16.9. The Balaban J connectivity index is 2.06. The molecular weight excluding hydrogens is 308 g/mol. The number of hydrogen-bond donors (Lipinski definition) is 1. The Kier molecular flexibility index (Phi) is 4.13. The molecular formula is C15H17ClN2O2S. The minimum absolute atomic E-state index is 0.0122. The average Bonchev–Trinajstić information content (AvgIpc) is 2.74. The van der Waals surface area contributed by atoms with E-state index in [2.05, 4.69) is 16.5 Å². The first kappa shape index (κ1) is 14.7. The van der Waals surface area contributed by atoms with Crippen LogP contribution in [-0.4, -0.2) is 26.4 Å². The third-order valence-electron chi connectivity index (χ3n) is 4.20. The van der Waals surface area contributed by atoms with Gasteiger partial charge in [0.15, 0.2) is 5.16 Å². The number of benzene rings is 1. The fraction of sp³-hybridized carbons (Fsp3) is 0.467. The van der Waals surface area contributed by atoms with Crippen molar-refractivity contribution in [2.75, 3.05) is 5.75 Å². The van der Waals surface area contributed by atoms with Crippen molar-refractivity contribution < 1.29 is 9.90 Å². The van der Waals surface area contributed by atoms with E-state index in [0.717, 1.165) is 16.2 Å². The number of carboxylic acids is 1. The highest BCUT2D eigenvalue weighted by Gasteiger charge is 2.28. The van der Waals surface area contributed by atoms with Crippen LogP contribution in [0.15, 0.2) is 23.4 Å². The first-order valence-electron chi connectivity index (χ1n) is 7.09. The smallest absolute Gasteiger partial charge is 0.313 e. The van der Waals surface area contributed by atoms with Gasteiger partial charge in [-0.2, -0.15) is 0 Å².